The number of rotatable bonds is 7. The maximum atomic E-state index is 12.5. The second-order valence-electron chi connectivity index (χ2n) is 5.96. The van der Waals surface area contributed by atoms with E-state index in [9.17, 15) is 18.0 Å². The Balaban J connectivity index is 1.62. The van der Waals surface area contributed by atoms with Crippen LogP contribution in [0.3, 0.4) is 0 Å². The Morgan fingerprint density at radius 3 is 2.45 bits per heavy atom. The highest BCUT2D eigenvalue weighted by Gasteiger charge is 2.17. The van der Waals surface area contributed by atoms with Crippen molar-refractivity contribution in [2.24, 2.45) is 0 Å². The molecule has 0 fully saturated rings. The summed E-state index contributed by atoms with van der Waals surface area (Å²) >= 11 is 2.45. The average molecular weight is 452 g/mol. The normalized spacial score (nSPS) is 11.1. The molecular formula is C17H17N5O4S3. The van der Waals surface area contributed by atoms with Crippen LogP contribution in [0.5, 0.6) is 0 Å². The molecule has 0 saturated carbocycles. The second-order valence-corrected chi connectivity index (χ2v) is 9.73. The number of nitrogens with one attached hydrogen (secondary N) is 3. The van der Waals surface area contributed by atoms with Gasteiger partial charge in [0.2, 0.25) is 11.8 Å². The first-order valence-corrected chi connectivity index (χ1v) is 11.5. The van der Waals surface area contributed by atoms with Crippen LogP contribution in [0.15, 0.2) is 40.7 Å². The minimum atomic E-state index is -3.84. The summed E-state index contributed by atoms with van der Waals surface area (Å²) < 4.78 is 27.4. The van der Waals surface area contributed by atoms with Gasteiger partial charge in [0.25, 0.3) is 10.0 Å². The Labute approximate surface area is 175 Å². The maximum Gasteiger partial charge on any atom is 0.263 e. The van der Waals surface area contributed by atoms with Crippen LogP contribution in [0.25, 0.3) is 0 Å². The summed E-state index contributed by atoms with van der Waals surface area (Å²) in [6.07, 6.45) is 1.67. The third kappa shape index (κ3) is 5.82. The predicted octanol–water partition coefficient (Wildman–Crippen LogP) is 2.85. The Kier molecular flexibility index (Phi) is 6.25. The van der Waals surface area contributed by atoms with Crippen LogP contribution < -0.4 is 15.4 Å². The number of sulfonamides is 1. The van der Waals surface area contributed by atoms with Crippen molar-refractivity contribution in [3.63, 3.8) is 0 Å². The molecular weight excluding hydrogens is 434 g/mol. The van der Waals surface area contributed by atoms with Crippen LogP contribution in [0.1, 0.15) is 17.5 Å². The number of thiazole rings is 2. The number of carbonyl (C=O) groups excluding carboxylic acids is 2. The maximum absolute atomic E-state index is 12.5. The molecule has 0 atom stereocenters. The first-order chi connectivity index (χ1) is 13.7. The first kappa shape index (κ1) is 20.9. The average Bonchev–Trinajstić information content (AvgIpc) is 3.23. The summed E-state index contributed by atoms with van der Waals surface area (Å²) in [5.74, 6) is -0.532. The highest BCUT2D eigenvalue weighted by molar-refractivity contribution is 7.93. The number of anilines is 3. The van der Waals surface area contributed by atoms with Gasteiger partial charge in [-0.2, -0.15) is 0 Å². The molecule has 1 aromatic carbocycles. The Morgan fingerprint density at radius 2 is 1.83 bits per heavy atom. The van der Waals surface area contributed by atoms with Crippen LogP contribution in [0.2, 0.25) is 0 Å². The van der Waals surface area contributed by atoms with Gasteiger partial charge in [-0.25, -0.2) is 18.4 Å². The van der Waals surface area contributed by atoms with Gasteiger partial charge in [-0.1, -0.05) is 0 Å². The summed E-state index contributed by atoms with van der Waals surface area (Å²) in [7, 11) is -3.84. The highest BCUT2D eigenvalue weighted by Crippen LogP contribution is 2.22. The molecule has 0 unspecified atom stereocenters. The van der Waals surface area contributed by atoms with Crippen molar-refractivity contribution in [3.05, 3.63) is 46.4 Å². The Bertz CT molecular complexity index is 1140. The summed E-state index contributed by atoms with van der Waals surface area (Å²) in [5, 5.41) is 7.52. The smallest absolute Gasteiger partial charge is 0.263 e. The molecule has 2 aromatic heterocycles. The van der Waals surface area contributed by atoms with Crippen LogP contribution in [-0.2, 0) is 26.0 Å². The van der Waals surface area contributed by atoms with Gasteiger partial charge in [-0.05, 0) is 31.2 Å². The molecule has 0 aliphatic carbocycles. The molecule has 2 heterocycles. The van der Waals surface area contributed by atoms with E-state index >= 15 is 0 Å². The van der Waals surface area contributed by atoms with E-state index in [2.05, 4.69) is 25.3 Å². The van der Waals surface area contributed by atoms with Crippen LogP contribution in [0.4, 0.5) is 16.0 Å². The first-order valence-electron chi connectivity index (χ1n) is 8.28. The number of nitrogens with zero attached hydrogens (tertiary/aromatic N) is 2. The third-order valence-electron chi connectivity index (χ3n) is 3.47. The molecule has 0 spiro atoms. The third-order valence-corrected chi connectivity index (χ3v) is 6.59. The molecule has 3 N–H and O–H groups in total. The Hall–Kier alpha value is -2.83. The summed E-state index contributed by atoms with van der Waals surface area (Å²) in [4.78, 5) is 32.3. The number of hydrogen-bond acceptors (Lipinski definition) is 8. The fourth-order valence-corrected chi connectivity index (χ4v) is 4.91. The van der Waals surface area contributed by atoms with Gasteiger partial charge in [-0.15, -0.1) is 22.7 Å². The molecule has 12 heteroatoms. The number of aromatic nitrogens is 2. The lowest BCUT2D eigenvalue weighted by atomic mass is 10.3. The molecule has 0 aliphatic rings. The monoisotopic (exact) mass is 451 g/mol. The zero-order chi connectivity index (χ0) is 21.0. The van der Waals surface area contributed by atoms with Gasteiger partial charge in [0.05, 0.1) is 17.0 Å². The minimum absolute atomic E-state index is 0.00225. The van der Waals surface area contributed by atoms with Crippen molar-refractivity contribution in [1.82, 2.24) is 9.97 Å². The van der Waals surface area contributed by atoms with Crippen LogP contribution in [-0.4, -0.2) is 30.2 Å². The molecule has 0 radical (unpaired) electrons. The fourth-order valence-electron chi connectivity index (χ4n) is 2.27. The molecule has 0 saturated heterocycles. The van der Waals surface area contributed by atoms with E-state index < -0.39 is 10.0 Å². The molecule has 152 valence electrons. The van der Waals surface area contributed by atoms with Crippen molar-refractivity contribution < 1.29 is 18.0 Å². The molecule has 9 nitrogen and oxygen atoms in total. The number of carbonyl (C=O) groups is 2. The predicted molar refractivity (Wildman–Crippen MR) is 113 cm³/mol. The topological polar surface area (TPSA) is 130 Å². The van der Waals surface area contributed by atoms with Gasteiger partial charge in [-0.3, -0.25) is 14.3 Å². The molecule has 3 rings (SSSR count). The summed E-state index contributed by atoms with van der Waals surface area (Å²) in [5.41, 5.74) is 0.939. The standard InChI is InChI=1S/C17H17N5O4S3/c1-10-8-18-16(28-10)21-15(24)7-13-9-27-17(20-13)22-29(25,26)14-5-3-12(4-6-14)19-11(2)23/h3-6,8-9H,7H2,1-2H3,(H,19,23)(H,20,22)(H,18,21,24). The zero-order valence-corrected chi connectivity index (χ0v) is 17.9. The molecule has 3 aromatic rings. The quantitative estimate of drug-likeness (QED) is 0.506. The molecule has 0 bridgehead atoms. The van der Waals surface area contributed by atoms with Gasteiger partial charge >= 0.3 is 0 Å². The van der Waals surface area contributed by atoms with Gasteiger partial charge in [0, 0.05) is 29.1 Å². The number of hydrogen-bond donors (Lipinski definition) is 3. The number of amides is 2. The lowest BCUT2D eigenvalue weighted by Gasteiger charge is -2.06. The molecule has 2 amide bonds. The minimum Gasteiger partial charge on any atom is -0.326 e. The SMILES string of the molecule is CC(=O)Nc1ccc(S(=O)(=O)Nc2nc(CC(=O)Nc3ncc(C)s3)cs2)cc1. The van der Waals surface area contributed by atoms with E-state index in [0.717, 1.165) is 16.2 Å². The van der Waals surface area contributed by atoms with E-state index in [0.29, 0.717) is 16.5 Å². The van der Waals surface area contributed by atoms with Gasteiger partial charge in [0.1, 0.15) is 0 Å². The Morgan fingerprint density at radius 1 is 1.10 bits per heavy atom. The van der Waals surface area contributed by atoms with E-state index in [1.54, 1.807) is 11.6 Å². The summed E-state index contributed by atoms with van der Waals surface area (Å²) in [6.45, 7) is 3.25. The summed E-state index contributed by atoms with van der Waals surface area (Å²) in [6, 6.07) is 5.75. The van der Waals surface area contributed by atoms with Crippen LogP contribution >= 0.6 is 22.7 Å². The van der Waals surface area contributed by atoms with Crippen molar-refractivity contribution in [1.29, 1.82) is 0 Å². The number of aryl methyl sites for hydroxylation is 1. The lowest BCUT2D eigenvalue weighted by Crippen LogP contribution is -2.15. The van der Waals surface area contributed by atoms with Gasteiger partial charge in [0.15, 0.2) is 10.3 Å². The number of benzene rings is 1. The van der Waals surface area contributed by atoms with E-state index in [1.807, 2.05) is 6.92 Å². The van der Waals surface area contributed by atoms with E-state index in [4.69, 9.17) is 0 Å². The van der Waals surface area contributed by atoms with Crippen LogP contribution in [0, 0.1) is 6.92 Å². The lowest BCUT2D eigenvalue weighted by molar-refractivity contribution is -0.116. The van der Waals surface area contributed by atoms with Crippen molar-refractivity contribution in [3.8, 4) is 0 Å². The van der Waals surface area contributed by atoms with Gasteiger partial charge < -0.3 is 10.6 Å². The largest absolute Gasteiger partial charge is 0.326 e. The van der Waals surface area contributed by atoms with E-state index in [-0.39, 0.29) is 28.3 Å². The molecule has 29 heavy (non-hydrogen) atoms. The van der Waals surface area contributed by atoms with Crippen molar-refractivity contribution in [2.45, 2.75) is 25.2 Å². The fraction of sp³-hybridized carbons (Fsp3) is 0.176. The van der Waals surface area contributed by atoms with E-state index in [1.165, 1.54) is 42.5 Å². The molecule has 0 aliphatic heterocycles. The highest BCUT2D eigenvalue weighted by atomic mass is 32.2. The van der Waals surface area contributed by atoms with Crippen molar-refractivity contribution in [2.75, 3.05) is 15.4 Å². The zero-order valence-electron chi connectivity index (χ0n) is 15.4. The van der Waals surface area contributed by atoms with Crippen molar-refractivity contribution >= 4 is 60.5 Å². The second kappa shape index (κ2) is 8.68.